The van der Waals surface area contributed by atoms with Gasteiger partial charge < -0.3 is 0 Å². The maximum absolute atomic E-state index is 10.9. The summed E-state index contributed by atoms with van der Waals surface area (Å²) < 4.78 is 0. The minimum absolute atomic E-state index is 0.0616. The standard InChI is InChI=1S/C18H32N2O/c1-2-3-4-5-6-7-8-9-10-11-12-13-14-15-16-17-18(21)20-19/h5-10H,2-4,11-17,19H2,1H3,(H,20,21)/b6-5+,8-7-,10-9+. The lowest BCUT2D eigenvalue weighted by Crippen LogP contribution is -2.29. The zero-order valence-electron chi connectivity index (χ0n) is 13.5. The summed E-state index contributed by atoms with van der Waals surface area (Å²) in [7, 11) is 0. The number of amides is 1. The van der Waals surface area contributed by atoms with Crippen molar-refractivity contribution in [2.45, 2.75) is 71.1 Å². The lowest BCUT2D eigenvalue weighted by atomic mass is 10.1. The molecule has 0 spiro atoms. The summed E-state index contributed by atoms with van der Waals surface area (Å²) in [6.07, 6.45) is 24.0. The average molecular weight is 292 g/mol. The average Bonchev–Trinajstić information content (AvgIpc) is 2.50. The number of nitrogens with two attached hydrogens (primary N) is 1. The summed E-state index contributed by atoms with van der Waals surface area (Å²) >= 11 is 0. The number of hydrazine groups is 1. The summed E-state index contributed by atoms with van der Waals surface area (Å²) in [6.45, 7) is 2.21. The Hall–Kier alpha value is -1.35. The molecule has 0 heterocycles. The fourth-order valence-electron chi connectivity index (χ4n) is 1.95. The largest absolute Gasteiger partial charge is 0.294 e. The minimum Gasteiger partial charge on any atom is -0.294 e. The highest BCUT2D eigenvalue weighted by molar-refractivity contribution is 5.74. The monoisotopic (exact) mass is 292 g/mol. The number of nitrogens with one attached hydrogen (secondary N) is 1. The van der Waals surface area contributed by atoms with Gasteiger partial charge in [-0.15, -0.1) is 0 Å². The molecule has 0 aromatic carbocycles. The zero-order chi connectivity index (χ0) is 15.6. The third-order valence-electron chi connectivity index (χ3n) is 3.27. The number of carbonyl (C=O) groups is 1. The van der Waals surface area contributed by atoms with E-state index in [0.29, 0.717) is 6.42 Å². The molecule has 0 aliphatic carbocycles. The van der Waals surface area contributed by atoms with Gasteiger partial charge in [0.05, 0.1) is 0 Å². The Labute approximate surface area is 130 Å². The van der Waals surface area contributed by atoms with Crippen molar-refractivity contribution in [2.75, 3.05) is 0 Å². The smallest absolute Gasteiger partial charge is 0.233 e. The summed E-state index contributed by atoms with van der Waals surface area (Å²) in [5, 5.41) is 0. The van der Waals surface area contributed by atoms with E-state index in [2.05, 4.69) is 48.8 Å². The van der Waals surface area contributed by atoms with E-state index < -0.39 is 0 Å². The maximum atomic E-state index is 10.9. The second-order valence-electron chi connectivity index (χ2n) is 5.26. The van der Waals surface area contributed by atoms with Gasteiger partial charge in [0.15, 0.2) is 0 Å². The van der Waals surface area contributed by atoms with Crippen molar-refractivity contribution < 1.29 is 4.79 Å². The van der Waals surface area contributed by atoms with Gasteiger partial charge in [-0.05, 0) is 25.7 Å². The van der Waals surface area contributed by atoms with Crippen molar-refractivity contribution in [3.8, 4) is 0 Å². The molecule has 0 aromatic rings. The second kappa shape index (κ2) is 16.7. The molecule has 0 atom stereocenters. The van der Waals surface area contributed by atoms with Gasteiger partial charge in [-0.3, -0.25) is 10.2 Å². The molecule has 0 saturated heterocycles. The fourth-order valence-corrected chi connectivity index (χ4v) is 1.95. The third-order valence-corrected chi connectivity index (χ3v) is 3.27. The van der Waals surface area contributed by atoms with Gasteiger partial charge in [0.1, 0.15) is 0 Å². The first-order valence-corrected chi connectivity index (χ1v) is 8.29. The number of unbranched alkanes of at least 4 members (excludes halogenated alkanes) is 7. The summed E-state index contributed by atoms with van der Waals surface area (Å²) in [5.41, 5.74) is 2.16. The van der Waals surface area contributed by atoms with Crippen LogP contribution in [0.25, 0.3) is 0 Å². The fraction of sp³-hybridized carbons (Fsp3) is 0.611. The first kappa shape index (κ1) is 19.7. The Morgan fingerprint density at radius 2 is 1.43 bits per heavy atom. The minimum atomic E-state index is -0.0616. The lowest BCUT2D eigenvalue weighted by Gasteiger charge is -2.00. The van der Waals surface area contributed by atoms with Crippen LogP contribution >= 0.6 is 0 Å². The van der Waals surface area contributed by atoms with Crippen molar-refractivity contribution in [3.05, 3.63) is 36.5 Å². The highest BCUT2D eigenvalue weighted by atomic mass is 16.2. The Kier molecular flexibility index (Phi) is 15.6. The van der Waals surface area contributed by atoms with Crippen LogP contribution in [0.5, 0.6) is 0 Å². The van der Waals surface area contributed by atoms with Crippen molar-refractivity contribution in [2.24, 2.45) is 5.84 Å². The molecular formula is C18H32N2O. The maximum Gasteiger partial charge on any atom is 0.233 e. The Bertz CT molecular complexity index is 319. The molecule has 0 saturated carbocycles. The molecule has 0 aromatic heterocycles. The van der Waals surface area contributed by atoms with Gasteiger partial charge in [-0.2, -0.15) is 0 Å². The predicted octanol–water partition coefficient (Wildman–Crippen LogP) is 4.57. The first-order valence-electron chi connectivity index (χ1n) is 8.29. The molecule has 3 heteroatoms. The molecule has 21 heavy (non-hydrogen) atoms. The van der Waals surface area contributed by atoms with Crippen LogP contribution in [-0.4, -0.2) is 5.91 Å². The molecule has 120 valence electrons. The summed E-state index contributed by atoms with van der Waals surface area (Å²) in [5.74, 6) is 4.95. The van der Waals surface area contributed by atoms with Crippen molar-refractivity contribution in [1.82, 2.24) is 5.43 Å². The molecule has 0 aliphatic rings. The van der Waals surface area contributed by atoms with E-state index >= 15 is 0 Å². The van der Waals surface area contributed by atoms with Gasteiger partial charge in [-0.25, -0.2) is 5.84 Å². The molecule has 0 fully saturated rings. The van der Waals surface area contributed by atoms with Gasteiger partial charge in [-0.1, -0.05) is 75.5 Å². The highest BCUT2D eigenvalue weighted by Gasteiger charge is 1.96. The van der Waals surface area contributed by atoms with Crippen LogP contribution in [-0.2, 0) is 4.79 Å². The number of allylic oxidation sites excluding steroid dienone is 6. The molecule has 3 nitrogen and oxygen atoms in total. The van der Waals surface area contributed by atoms with Gasteiger partial charge in [0.2, 0.25) is 5.91 Å². The molecule has 0 aliphatic heterocycles. The van der Waals surface area contributed by atoms with Crippen LogP contribution in [0.1, 0.15) is 71.1 Å². The molecule has 0 radical (unpaired) electrons. The van der Waals surface area contributed by atoms with Crippen LogP contribution in [0.2, 0.25) is 0 Å². The van der Waals surface area contributed by atoms with Gasteiger partial charge >= 0.3 is 0 Å². The Morgan fingerprint density at radius 1 is 0.857 bits per heavy atom. The van der Waals surface area contributed by atoms with Crippen LogP contribution < -0.4 is 11.3 Å². The quantitative estimate of drug-likeness (QED) is 0.172. The second-order valence-corrected chi connectivity index (χ2v) is 5.26. The van der Waals surface area contributed by atoms with Crippen molar-refractivity contribution >= 4 is 5.91 Å². The van der Waals surface area contributed by atoms with Crippen molar-refractivity contribution in [1.29, 1.82) is 0 Å². The molecular weight excluding hydrogens is 260 g/mol. The van der Waals surface area contributed by atoms with Gasteiger partial charge in [0, 0.05) is 6.42 Å². The normalized spacial score (nSPS) is 11.9. The number of hydrogen-bond acceptors (Lipinski definition) is 2. The molecule has 0 rings (SSSR count). The molecule has 0 bridgehead atoms. The Morgan fingerprint density at radius 3 is 2.05 bits per heavy atom. The first-order chi connectivity index (χ1) is 10.3. The highest BCUT2D eigenvalue weighted by Crippen LogP contribution is 2.07. The van der Waals surface area contributed by atoms with E-state index in [0.717, 1.165) is 19.3 Å². The van der Waals surface area contributed by atoms with E-state index in [1.165, 1.54) is 38.5 Å². The van der Waals surface area contributed by atoms with E-state index in [9.17, 15) is 4.79 Å². The zero-order valence-corrected chi connectivity index (χ0v) is 13.5. The topological polar surface area (TPSA) is 55.1 Å². The lowest BCUT2D eigenvalue weighted by molar-refractivity contribution is -0.121. The van der Waals surface area contributed by atoms with E-state index in [-0.39, 0.29) is 5.91 Å². The SMILES string of the molecule is CCCC/C=C/C=C\C=C\CCCCCCCC(=O)NN. The molecule has 3 N–H and O–H groups in total. The third kappa shape index (κ3) is 16.6. The van der Waals surface area contributed by atoms with Crippen LogP contribution in [0.3, 0.4) is 0 Å². The number of carbonyl (C=O) groups excluding carboxylic acids is 1. The van der Waals surface area contributed by atoms with Crippen LogP contribution in [0.15, 0.2) is 36.5 Å². The molecule has 1 amide bonds. The van der Waals surface area contributed by atoms with E-state index in [1.54, 1.807) is 0 Å². The number of rotatable bonds is 13. The van der Waals surface area contributed by atoms with Crippen LogP contribution in [0.4, 0.5) is 0 Å². The number of hydrogen-bond donors (Lipinski definition) is 2. The van der Waals surface area contributed by atoms with Crippen molar-refractivity contribution in [3.63, 3.8) is 0 Å². The molecule has 0 unspecified atom stereocenters. The Balaban J connectivity index is 3.30. The summed E-state index contributed by atoms with van der Waals surface area (Å²) in [4.78, 5) is 10.9. The predicted molar refractivity (Wildman–Crippen MR) is 91.6 cm³/mol. The van der Waals surface area contributed by atoms with E-state index in [1.807, 2.05) is 0 Å². The van der Waals surface area contributed by atoms with E-state index in [4.69, 9.17) is 5.84 Å². The van der Waals surface area contributed by atoms with Gasteiger partial charge in [0.25, 0.3) is 0 Å². The van der Waals surface area contributed by atoms with Crippen LogP contribution in [0, 0.1) is 0 Å². The summed E-state index contributed by atoms with van der Waals surface area (Å²) in [6, 6.07) is 0.